The van der Waals surface area contributed by atoms with E-state index in [0.717, 1.165) is 13.0 Å². The number of hydrogen-bond acceptors (Lipinski definition) is 4. The Labute approximate surface area is 109 Å². The Morgan fingerprint density at radius 3 is 2.17 bits per heavy atom. The molecule has 5 heteroatoms. The van der Waals surface area contributed by atoms with Gasteiger partial charge in [-0.25, -0.2) is 8.42 Å². The molecular formula is C13H20N2O2S. The van der Waals surface area contributed by atoms with E-state index in [-0.39, 0.29) is 11.5 Å². The van der Waals surface area contributed by atoms with Crippen LogP contribution in [0.15, 0.2) is 24.3 Å². The van der Waals surface area contributed by atoms with Crippen molar-refractivity contribution in [3.8, 4) is 0 Å². The van der Waals surface area contributed by atoms with Gasteiger partial charge in [-0.05, 0) is 24.1 Å². The third-order valence-corrected chi connectivity index (χ3v) is 4.91. The van der Waals surface area contributed by atoms with Crippen molar-refractivity contribution in [2.24, 2.45) is 5.73 Å². The van der Waals surface area contributed by atoms with Gasteiger partial charge in [-0.3, -0.25) is 4.90 Å². The quantitative estimate of drug-likeness (QED) is 0.859. The Morgan fingerprint density at radius 1 is 1.06 bits per heavy atom. The van der Waals surface area contributed by atoms with Crippen LogP contribution in [0.25, 0.3) is 0 Å². The Bertz CT molecular complexity index is 468. The summed E-state index contributed by atoms with van der Waals surface area (Å²) in [5.41, 5.74) is 7.99. The molecule has 0 radical (unpaired) electrons. The van der Waals surface area contributed by atoms with Crippen LogP contribution in [0.2, 0.25) is 0 Å². The molecule has 1 aromatic carbocycles. The van der Waals surface area contributed by atoms with Gasteiger partial charge in [-0.15, -0.1) is 0 Å². The number of benzene rings is 1. The van der Waals surface area contributed by atoms with Crippen LogP contribution in [0.3, 0.4) is 0 Å². The van der Waals surface area contributed by atoms with Gasteiger partial charge in [-0.1, -0.05) is 24.3 Å². The lowest BCUT2D eigenvalue weighted by Gasteiger charge is -2.26. The Kier molecular flexibility index (Phi) is 4.37. The minimum absolute atomic E-state index is 0.290. The van der Waals surface area contributed by atoms with Crippen molar-refractivity contribution < 1.29 is 8.42 Å². The zero-order chi connectivity index (χ0) is 13.0. The van der Waals surface area contributed by atoms with Gasteiger partial charge in [0.05, 0.1) is 11.5 Å². The first kappa shape index (κ1) is 13.5. The van der Waals surface area contributed by atoms with Crippen LogP contribution in [-0.4, -0.2) is 44.5 Å². The first-order valence-electron chi connectivity index (χ1n) is 6.30. The van der Waals surface area contributed by atoms with Crippen LogP contribution in [-0.2, 0) is 22.8 Å². The second-order valence-corrected chi connectivity index (χ2v) is 7.09. The minimum Gasteiger partial charge on any atom is -0.330 e. The van der Waals surface area contributed by atoms with Crippen LogP contribution in [0, 0.1) is 0 Å². The van der Waals surface area contributed by atoms with Crippen molar-refractivity contribution in [2.45, 2.75) is 13.0 Å². The van der Waals surface area contributed by atoms with Gasteiger partial charge in [0.2, 0.25) is 0 Å². The van der Waals surface area contributed by atoms with Gasteiger partial charge >= 0.3 is 0 Å². The van der Waals surface area contributed by atoms with Crippen LogP contribution >= 0.6 is 0 Å². The summed E-state index contributed by atoms with van der Waals surface area (Å²) in [5, 5.41) is 0. The SMILES string of the molecule is NCCc1ccc(CN2CCS(=O)(=O)CC2)cc1. The van der Waals surface area contributed by atoms with Crippen LogP contribution in [0.1, 0.15) is 11.1 Å². The predicted octanol–water partition coefficient (Wildman–Crippen LogP) is 0.418. The average Bonchev–Trinajstić information content (AvgIpc) is 2.35. The second-order valence-electron chi connectivity index (χ2n) is 4.78. The summed E-state index contributed by atoms with van der Waals surface area (Å²) in [6, 6.07) is 8.41. The summed E-state index contributed by atoms with van der Waals surface area (Å²) in [4.78, 5) is 2.19. The minimum atomic E-state index is -2.78. The highest BCUT2D eigenvalue weighted by atomic mass is 32.2. The van der Waals surface area contributed by atoms with Crippen molar-refractivity contribution in [1.82, 2.24) is 4.90 Å². The Balaban J connectivity index is 1.90. The molecule has 2 N–H and O–H groups in total. The zero-order valence-corrected chi connectivity index (χ0v) is 11.3. The van der Waals surface area contributed by atoms with E-state index in [0.29, 0.717) is 19.6 Å². The summed E-state index contributed by atoms with van der Waals surface area (Å²) in [6.45, 7) is 2.79. The Hall–Kier alpha value is -0.910. The fraction of sp³-hybridized carbons (Fsp3) is 0.538. The molecule has 0 amide bonds. The number of sulfone groups is 1. The molecule has 1 aliphatic heterocycles. The molecule has 1 heterocycles. The molecule has 100 valence electrons. The lowest BCUT2D eigenvalue weighted by molar-refractivity contribution is 0.287. The molecule has 1 saturated heterocycles. The molecular weight excluding hydrogens is 248 g/mol. The average molecular weight is 268 g/mol. The summed E-state index contributed by atoms with van der Waals surface area (Å²) in [5.74, 6) is 0.580. The fourth-order valence-electron chi connectivity index (χ4n) is 2.14. The lowest BCUT2D eigenvalue weighted by Crippen LogP contribution is -2.39. The van der Waals surface area contributed by atoms with E-state index < -0.39 is 9.84 Å². The topological polar surface area (TPSA) is 63.4 Å². The third-order valence-electron chi connectivity index (χ3n) is 3.30. The molecule has 1 fully saturated rings. The molecule has 0 saturated carbocycles. The van der Waals surface area contributed by atoms with Gasteiger partial charge in [0.1, 0.15) is 0 Å². The predicted molar refractivity (Wildman–Crippen MR) is 73.1 cm³/mol. The molecule has 18 heavy (non-hydrogen) atoms. The van der Waals surface area contributed by atoms with E-state index in [4.69, 9.17) is 5.73 Å². The lowest BCUT2D eigenvalue weighted by atomic mass is 10.1. The molecule has 0 unspecified atom stereocenters. The Morgan fingerprint density at radius 2 is 1.61 bits per heavy atom. The molecule has 0 spiro atoms. The van der Waals surface area contributed by atoms with E-state index in [1.807, 2.05) is 0 Å². The highest BCUT2D eigenvalue weighted by Gasteiger charge is 2.21. The number of nitrogens with two attached hydrogens (primary N) is 1. The van der Waals surface area contributed by atoms with Crippen molar-refractivity contribution in [3.63, 3.8) is 0 Å². The summed E-state index contributed by atoms with van der Waals surface area (Å²) < 4.78 is 22.7. The van der Waals surface area contributed by atoms with Gasteiger partial charge < -0.3 is 5.73 Å². The third kappa shape index (κ3) is 3.80. The maximum atomic E-state index is 11.3. The van der Waals surface area contributed by atoms with Gasteiger partial charge in [0.15, 0.2) is 9.84 Å². The van der Waals surface area contributed by atoms with Crippen molar-refractivity contribution >= 4 is 9.84 Å². The van der Waals surface area contributed by atoms with E-state index in [9.17, 15) is 8.42 Å². The van der Waals surface area contributed by atoms with Crippen molar-refractivity contribution in [2.75, 3.05) is 31.1 Å². The summed E-state index contributed by atoms with van der Waals surface area (Å²) in [6.07, 6.45) is 0.905. The van der Waals surface area contributed by atoms with E-state index >= 15 is 0 Å². The molecule has 4 nitrogen and oxygen atoms in total. The fourth-order valence-corrected chi connectivity index (χ4v) is 3.42. The van der Waals surface area contributed by atoms with Gasteiger partial charge in [-0.2, -0.15) is 0 Å². The number of nitrogens with zero attached hydrogens (tertiary/aromatic N) is 1. The highest BCUT2D eigenvalue weighted by molar-refractivity contribution is 7.91. The second kappa shape index (κ2) is 5.82. The van der Waals surface area contributed by atoms with Crippen LogP contribution < -0.4 is 5.73 Å². The molecule has 2 rings (SSSR count). The van der Waals surface area contributed by atoms with E-state index in [1.165, 1.54) is 11.1 Å². The maximum absolute atomic E-state index is 11.3. The molecule has 1 aliphatic rings. The first-order chi connectivity index (χ1) is 8.59. The normalized spacial score (nSPS) is 19.8. The number of hydrogen-bond donors (Lipinski definition) is 1. The summed E-state index contributed by atoms with van der Waals surface area (Å²) in [7, 11) is -2.78. The molecule has 1 aromatic rings. The van der Waals surface area contributed by atoms with E-state index in [1.54, 1.807) is 0 Å². The molecule has 0 atom stereocenters. The molecule has 0 aromatic heterocycles. The van der Waals surface area contributed by atoms with Crippen molar-refractivity contribution in [3.05, 3.63) is 35.4 Å². The van der Waals surface area contributed by atoms with Crippen molar-refractivity contribution in [1.29, 1.82) is 0 Å². The summed E-state index contributed by atoms with van der Waals surface area (Å²) >= 11 is 0. The van der Waals surface area contributed by atoms with Gasteiger partial charge in [0, 0.05) is 19.6 Å². The first-order valence-corrected chi connectivity index (χ1v) is 8.12. The van der Waals surface area contributed by atoms with Gasteiger partial charge in [0.25, 0.3) is 0 Å². The molecule has 0 bridgehead atoms. The smallest absolute Gasteiger partial charge is 0.152 e. The van der Waals surface area contributed by atoms with Crippen LogP contribution in [0.4, 0.5) is 0 Å². The highest BCUT2D eigenvalue weighted by Crippen LogP contribution is 2.11. The van der Waals surface area contributed by atoms with E-state index in [2.05, 4.69) is 29.2 Å². The monoisotopic (exact) mass is 268 g/mol. The largest absolute Gasteiger partial charge is 0.330 e. The zero-order valence-electron chi connectivity index (χ0n) is 10.5. The van der Waals surface area contributed by atoms with Crippen LogP contribution in [0.5, 0.6) is 0 Å². The number of rotatable bonds is 4. The molecule has 0 aliphatic carbocycles. The standard InChI is InChI=1S/C13H20N2O2S/c14-6-5-12-1-3-13(4-2-12)11-15-7-9-18(16,17)10-8-15/h1-4H,5-11,14H2. The maximum Gasteiger partial charge on any atom is 0.152 e.